The Labute approximate surface area is 208 Å². The number of amides is 1. The average molecular weight is 521 g/mol. The fourth-order valence-electron chi connectivity index (χ4n) is 3.56. The van der Waals surface area contributed by atoms with Crippen molar-refractivity contribution >= 4 is 50.4 Å². The number of ketones is 1. The molecule has 1 N–H and O–H groups in total. The van der Waals surface area contributed by atoms with Crippen LogP contribution in [0.5, 0.6) is 0 Å². The summed E-state index contributed by atoms with van der Waals surface area (Å²) in [6.07, 6.45) is 0.834. The third-order valence-corrected chi connectivity index (χ3v) is 7.27. The van der Waals surface area contributed by atoms with Crippen LogP contribution in [0.4, 0.5) is 4.79 Å². The van der Waals surface area contributed by atoms with Crippen molar-refractivity contribution in [1.82, 2.24) is 9.29 Å². The van der Waals surface area contributed by atoms with Crippen LogP contribution in [-0.2, 0) is 30.7 Å². The van der Waals surface area contributed by atoms with Gasteiger partial charge in [0.1, 0.15) is 6.61 Å². The zero-order valence-electron chi connectivity index (χ0n) is 19.4. The Kier molecular flexibility index (Phi) is 8.18. The molecule has 1 atom stereocenters. The number of rotatable bonds is 9. The van der Waals surface area contributed by atoms with Gasteiger partial charge in [0, 0.05) is 24.1 Å². The maximum absolute atomic E-state index is 13.5. The summed E-state index contributed by atoms with van der Waals surface area (Å²) in [7, 11) is -2.82. The molecule has 186 valence electrons. The third-order valence-electron chi connectivity index (χ3n) is 5.34. The standard InChI is InChI=1S/C24H25ClN2O7S/c1-15-4-7-20(8-5-15)35(31,32)27-13-18(10-19(14-34-16(2)28)26-24(30)33-3)21-9-6-17(11-22(21)27)23(29)12-25/h4-9,11,13,19H,10,12,14H2,1-3H3,(H,26,30)/t19-/m0/s1. The molecule has 9 nitrogen and oxygen atoms in total. The van der Waals surface area contributed by atoms with Gasteiger partial charge in [0.05, 0.1) is 29.4 Å². The fourth-order valence-corrected chi connectivity index (χ4v) is 5.10. The summed E-state index contributed by atoms with van der Waals surface area (Å²) in [5.41, 5.74) is 2.00. The summed E-state index contributed by atoms with van der Waals surface area (Å²) >= 11 is 5.71. The highest BCUT2D eigenvalue weighted by atomic mass is 35.5. The highest BCUT2D eigenvalue weighted by Crippen LogP contribution is 2.28. The highest BCUT2D eigenvalue weighted by Gasteiger charge is 2.24. The average Bonchev–Trinajstić information content (AvgIpc) is 3.20. The molecule has 0 radical (unpaired) electrons. The van der Waals surface area contributed by atoms with Gasteiger partial charge in [-0.2, -0.15) is 0 Å². The lowest BCUT2D eigenvalue weighted by Gasteiger charge is -2.17. The van der Waals surface area contributed by atoms with E-state index in [0.717, 1.165) is 9.54 Å². The maximum atomic E-state index is 13.5. The van der Waals surface area contributed by atoms with Gasteiger partial charge >= 0.3 is 12.1 Å². The number of halogens is 1. The van der Waals surface area contributed by atoms with E-state index < -0.39 is 28.1 Å². The molecule has 0 saturated heterocycles. The van der Waals surface area contributed by atoms with E-state index in [1.54, 1.807) is 24.3 Å². The topological polar surface area (TPSA) is 121 Å². The molecule has 1 heterocycles. The van der Waals surface area contributed by atoms with Crippen LogP contribution in [0.3, 0.4) is 0 Å². The van der Waals surface area contributed by atoms with Crippen molar-refractivity contribution in [1.29, 1.82) is 0 Å². The Bertz CT molecular complexity index is 1360. The molecule has 0 aliphatic rings. The molecule has 3 rings (SSSR count). The lowest BCUT2D eigenvalue weighted by molar-refractivity contribution is -0.141. The van der Waals surface area contributed by atoms with Crippen molar-refractivity contribution in [3.8, 4) is 0 Å². The quantitative estimate of drug-likeness (QED) is 0.260. The largest absolute Gasteiger partial charge is 0.464 e. The summed E-state index contributed by atoms with van der Waals surface area (Å²) in [6.45, 7) is 2.94. The summed E-state index contributed by atoms with van der Waals surface area (Å²) < 4.78 is 37.9. The molecule has 35 heavy (non-hydrogen) atoms. The molecule has 0 unspecified atom stereocenters. The minimum atomic E-state index is -4.02. The van der Waals surface area contributed by atoms with Gasteiger partial charge in [-0.1, -0.05) is 29.8 Å². The molecule has 1 aromatic heterocycles. The molecular weight excluding hydrogens is 496 g/mol. The van der Waals surface area contributed by atoms with Gasteiger partial charge in [-0.15, -0.1) is 11.6 Å². The van der Waals surface area contributed by atoms with Crippen molar-refractivity contribution < 1.29 is 32.3 Å². The van der Waals surface area contributed by atoms with Crippen LogP contribution >= 0.6 is 11.6 Å². The first-order valence-corrected chi connectivity index (χ1v) is 12.6. The Morgan fingerprint density at radius 3 is 2.40 bits per heavy atom. The monoisotopic (exact) mass is 520 g/mol. The number of carbonyl (C=O) groups excluding carboxylic acids is 3. The number of aryl methyl sites for hydroxylation is 1. The number of fused-ring (bicyclic) bond motifs is 1. The van der Waals surface area contributed by atoms with Crippen LogP contribution in [0.25, 0.3) is 10.9 Å². The predicted molar refractivity (Wildman–Crippen MR) is 130 cm³/mol. The second-order valence-corrected chi connectivity index (χ2v) is 9.98. The highest BCUT2D eigenvalue weighted by molar-refractivity contribution is 7.90. The van der Waals surface area contributed by atoms with Crippen LogP contribution in [0.1, 0.15) is 28.4 Å². The van der Waals surface area contributed by atoms with Crippen molar-refractivity contribution in [3.05, 3.63) is 65.4 Å². The van der Waals surface area contributed by atoms with Crippen molar-refractivity contribution in [2.45, 2.75) is 31.2 Å². The number of nitrogens with zero attached hydrogens (tertiary/aromatic N) is 1. The SMILES string of the molecule is COC(=O)N[C@H](COC(C)=O)Cc1cn(S(=O)(=O)c2ccc(C)cc2)c2cc(C(=O)CCl)ccc12. The Balaban J connectivity index is 2.14. The lowest BCUT2D eigenvalue weighted by atomic mass is 10.0. The molecule has 0 aliphatic carbocycles. The van der Waals surface area contributed by atoms with E-state index in [9.17, 15) is 22.8 Å². The van der Waals surface area contributed by atoms with Crippen molar-refractivity contribution in [3.63, 3.8) is 0 Å². The van der Waals surface area contributed by atoms with Crippen LogP contribution in [-0.4, -0.2) is 55.9 Å². The number of aromatic nitrogens is 1. The number of hydrogen-bond donors (Lipinski definition) is 1. The first kappa shape index (κ1) is 26.2. The second-order valence-electron chi connectivity index (χ2n) is 7.90. The fraction of sp³-hybridized carbons (Fsp3) is 0.292. The van der Waals surface area contributed by atoms with E-state index in [1.807, 2.05) is 6.92 Å². The zero-order chi connectivity index (χ0) is 25.8. The molecule has 0 saturated carbocycles. The van der Waals surface area contributed by atoms with Crippen LogP contribution in [0.15, 0.2) is 53.6 Å². The van der Waals surface area contributed by atoms with Crippen LogP contribution < -0.4 is 5.32 Å². The predicted octanol–water partition coefficient (Wildman–Crippen LogP) is 3.44. The number of alkyl carbamates (subject to hydrolysis) is 1. The molecule has 0 fully saturated rings. The van der Waals surface area contributed by atoms with E-state index in [4.69, 9.17) is 16.3 Å². The van der Waals surface area contributed by atoms with Crippen LogP contribution in [0.2, 0.25) is 0 Å². The number of carbonyl (C=O) groups is 3. The number of ether oxygens (including phenoxy) is 2. The Morgan fingerprint density at radius 1 is 1.11 bits per heavy atom. The van der Waals surface area contributed by atoms with Gasteiger partial charge in [-0.3, -0.25) is 9.59 Å². The molecule has 0 bridgehead atoms. The number of methoxy groups -OCH3 is 1. The summed E-state index contributed by atoms with van der Waals surface area (Å²) in [4.78, 5) is 35.4. The van der Waals surface area contributed by atoms with E-state index >= 15 is 0 Å². The molecule has 3 aromatic rings. The number of benzene rings is 2. The third kappa shape index (κ3) is 6.01. The lowest BCUT2D eigenvalue weighted by Crippen LogP contribution is -2.40. The number of Topliss-reactive ketones (excluding diaryl/α,β-unsaturated/α-hetero) is 1. The van der Waals surface area contributed by atoms with E-state index in [1.165, 1.54) is 38.4 Å². The first-order chi connectivity index (χ1) is 16.6. The van der Waals surface area contributed by atoms with Gasteiger partial charge in [0.25, 0.3) is 10.0 Å². The molecule has 1 amide bonds. The smallest absolute Gasteiger partial charge is 0.407 e. The number of nitrogens with one attached hydrogen (secondary N) is 1. The van der Waals surface area contributed by atoms with Crippen molar-refractivity contribution in [2.24, 2.45) is 0 Å². The van der Waals surface area contributed by atoms with Gasteiger partial charge in [-0.25, -0.2) is 17.2 Å². The summed E-state index contributed by atoms with van der Waals surface area (Å²) in [5.74, 6) is -1.14. The van der Waals surface area contributed by atoms with Gasteiger partial charge in [0.2, 0.25) is 0 Å². The van der Waals surface area contributed by atoms with Crippen LogP contribution in [0, 0.1) is 6.92 Å². The van der Waals surface area contributed by atoms with E-state index in [2.05, 4.69) is 10.1 Å². The summed E-state index contributed by atoms with van der Waals surface area (Å²) in [6, 6.07) is 10.4. The number of esters is 1. The Hall–Kier alpha value is -3.37. The zero-order valence-corrected chi connectivity index (χ0v) is 21.0. The van der Waals surface area contributed by atoms with E-state index in [-0.39, 0.29) is 40.7 Å². The maximum Gasteiger partial charge on any atom is 0.407 e. The summed E-state index contributed by atoms with van der Waals surface area (Å²) in [5, 5.41) is 3.14. The first-order valence-electron chi connectivity index (χ1n) is 10.6. The molecular formula is C24H25ClN2O7S. The van der Waals surface area contributed by atoms with Gasteiger partial charge < -0.3 is 14.8 Å². The van der Waals surface area contributed by atoms with Gasteiger partial charge in [-0.05, 0) is 37.1 Å². The molecule has 0 aliphatic heterocycles. The van der Waals surface area contributed by atoms with Gasteiger partial charge in [0.15, 0.2) is 5.78 Å². The minimum absolute atomic E-state index is 0.0739. The molecule has 0 spiro atoms. The second kappa shape index (κ2) is 10.9. The molecule has 2 aromatic carbocycles. The Morgan fingerprint density at radius 2 is 1.80 bits per heavy atom. The number of alkyl halides is 1. The normalized spacial score (nSPS) is 12.2. The minimum Gasteiger partial charge on any atom is -0.464 e. The molecule has 11 heteroatoms. The number of hydrogen-bond acceptors (Lipinski definition) is 7. The van der Waals surface area contributed by atoms with E-state index in [0.29, 0.717) is 10.9 Å². The van der Waals surface area contributed by atoms with Crippen molar-refractivity contribution in [2.75, 3.05) is 19.6 Å².